The van der Waals surface area contributed by atoms with Gasteiger partial charge in [-0.3, -0.25) is 4.79 Å². The van der Waals surface area contributed by atoms with E-state index in [2.05, 4.69) is 15.3 Å². The minimum Gasteiger partial charge on any atom is -0.462 e. The number of allylic oxidation sites excluding steroid dienone is 1. The Labute approximate surface area is 164 Å². The Kier molecular flexibility index (Phi) is 4.94. The zero-order chi connectivity index (χ0) is 19.5. The third kappa shape index (κ3) is 3.41. The van der Waals surface area contributed by atoms with Crippen molar-refractivity contribution < 1.29 is 19.1 Å². The highest BCUT2D eigenvalue weighted by Crippen LogP contribution is 2.28. The van der Waals surface area contributed by atoms with Crippen molar-refractivity contribution in [1.29, 1.82) is 0 Å². The smallest absolute Gasteiger partial charge is 0.347 e. The second-order valence-electron chi connectivity index (χ2n) is 5.94. The number of aromatic amines is 1. The van der Waals surface area contributed by atoms with Gasteiger partial charge < -0.3 is 19.8 Å². The van der Waals surface area contributed by atoms with Crippen LogP contribution in [0.3, 0.4) is 0 Å². The summed E-state index contributed by atoms with van der Waals surface area (Å²) < 4.78 is 10.8. The highest BCUT2D eigenvalue weighted by molar-refractivity contribution is 7.09. The van der Waals surface area contributed by atoms with Gasteiger partial charge in [-0.05, 0) is 36.6 Å². The van der Waals surface area contributed by atoms with E-state index in [-0.39, 0.29) is 23.8 Å². The van der Waals surface area contributed by atoms with Crippen LogP contribution in [-0.2, 0) is 25.6 Å². The zero-order valence-corrected chi connectivity index (χ0v) is 15.8. The molecule has 3 aromatic rings. The Morgan fingerprint density at radius 2 is 2.29 bits per heavy atom. The molecule has 0 unspecified atom stereocenters. The number of pyridine rings is 1. The molecule has 0 bridgehead atoms. The van der Waals surface area contributed by atoms with Gasteiger partial charge in [0.15, 0.2) is 11.3 Å². The Morgan fingerprint density at radius 3 is 3.07 bits per heavy atom. The molecule has 0 saturated carbocycles. The van der Waals surface area contributed by atoms with Crippen LogP contribution in [0, 0.1) is 0 Å². The normalized spacial score (nSPS) is 15.3. The van der Waals surface area contributed by atoms with E-state index in [0.717, 1.165) is 15.8 Å². The second kappa shape index (κ2) is 7.69. The molecule has 0 aliphatic carbocycles. The summed E-state index contributed by atoms with van der Waals surface area (Å²) in [7, 11) is 0. The van der Waals surface area contributed by atoms with Crippen LogP contribution < -0.4 is 5.32 Å². The monoisotopic (exact) mass is 395 g/mol. The Hall–Kier alpha value is -3.39. The lowest BCUT2D eigenvalue weighted by Crippen LogP contribution is -2.19. The van der Waals surface area contributed by atoms with E-state index < -0.39 is 11.8 Å². The number of hydrogen-bond acceptors (Lipinski definition) is 7. The molecule has 0 atom stereocenters. The van der Waals surface area contributed by atoms with Crippen molar-refractivity contribution in [3.8, 4) is 0 Å². The number of nitrogens with one attached hydrogen (secondary N) is 2. The van der Waals surface area contributed by atoms with Gasteiger partial charge in [-0.1, -0.05) is 6.07 Å². The number of carbonyl (C=O) groups excluding carboxylic acids is 2. The van der Waals surface area contributed by atoms with Crippen molar-refractivity contribution in [3.05, 3.63) is 69.7 Å². The topological polar surface area (TPSA) is 93.3 Å². The number of nitrogens with zero attached hydrogens (tertiary/aromatic N) is 1. The SMILES string of the molecule is CCOC(=O)C1=C(NCc2cccs2)O/C(=C\c2c[nH]c3ncccc23)C1=O. The highest BCUT2D eigenvalue weighted by atomic mass is 32.1. The first kappa shape index (κ1) is 18.0. The zero-order valence-electron chi connectivity index (χ0n) is 15.0. The predicted octanol–water partition coefficient (Wildman–Crippen LogP) is 3.13. The molecule has 0 amide bonds. The highest BCUT2D eigenvalue weighted by Gasteiger charge is 2.36. The number of fused-ring (bicyclic) bond motifs is 1. The van der Waals surface area contributed by atoms with Gasteiger partial charge in [0.1, 0.15) is 5.65 Å². The molecule has 0 aromatic carbocycles. The number of aromatic nitrogens is 2. The first-order valence-corrected chi connectivity index (χ1v) is 9.59. The molecule has 1 aliphatic rings. The summed E-state index contributed by atoms with van der Waals surface area (Å²) in [6, 6.07) is 7.58. The minimum absolute atomic E-state index is 0.0569. The maximum Gasteiger partial charge on any atom is 0.347 e. The summed E-state index contributed by atoms with van der Waals surface area (Å²) >= 11 is 1.57. The maximum atomic E-state index is 12.8. The fraction of sp³-hybridized carbons (Fsp3) is 0.150. The van der Waals surface area contributed by atoms with E-state index in [1.54, 1.807) is 36.7 Å². The average molecular weight is 395 g/mol. The van der Waals surface area contributed by atoms with Crippen LogP contribution in [0.15, 0.2) is 59.3 Å². The summed E-state index contributed by atoms with van der Waals surface area (Å²) in [4.78, 5) is 33.5. The molecule has 0 fully saturated rings. The van der Waals surface area contributed by atoms with Crippen molar-refractivity contribution in [1.82, 2.24) is 15.3 Å². The fourth-order valence-electron chi connectivity index (χ4n) is 2.86. The van der Waals surface area contributed by atoms with E-state index in [4.69, 9.17) is 9.47 Å². The number of esters is 1. The molecule has 1 aliphatic heterocycles. The van der Waals surface area contributed by atoms with E-state index in [0.29, 0.717) is 12.2 Å². The van der Waals surface area contributed by atoms with Gasteiger partial charge in [-0.15, -0.1) is 11.3 Å². The summed E-state index contributed by atoms with van der Waals surface area (Å²) in [5.74, 6) is -1.04. The molecule has 4 heterocycles. The fourth-order valence-corrected chi connectivity index (χ4v) is 3.50. The molecule has 3 aromatic heterocycles. The number of thiophene rings is 1. The molecule has 142 valence electrons. The van der Waals surface area contributed by atoms with Gasteiger partial charge in [0, 0.05) is 28.2 Å². The number of ether oxygens (including phenoxy) is 2. The van der Waals surface area contributed by atoms with Crippen LogP contribution in [0.25, 0.3) is 17.1 Å². The summed E-state index contributed by atoms with van der Waals surface area (Å²) in [5.41, 5.74) is 1.33. The van der Waals surface area contributed by atoms with Gasteiger partial charge in [-0.2, -0.15) is 0 Å². The largest absolute Gasteiger partial charge is 0.462 e. The molecule has 4 rings (SSSR count). The van der Waals surface area contributed by atoms with E-state index in [9.17, 15) is 9.59 Å². The summed E-state index contributed by atoms with van der Waals surface area (Å²) in [6.07, 6.45) is 5.02. The van der Waals surface area contributed by atoms with Crippen molar-refractivity contribution in [3.63, 3.8) is 0 Å². The summed E-state index contributed by atoms with van der Waals surface area (Å²) in [5, 5.41) is 5.84. The van der Waals surface area contributed by atoms with Crippen LogP contribution in [0.1, 0.15) is 17.4 Å². The number of Topliss-reactive ketones (excluding diaryl/α,β-unsaturated/α-hetero) is 1. The van der Waals surface area contributed by atoms with Gasteiger partial charge in [0.25, 0.3) is 0 Å². The van der Waals surface area contributed by atoms with Crippen LogP contribution in [0.2, 0.25) is 0 Å². The Morgan fingerprint density at radius 1 is 1.39 bits per heavy atom. The van der Waals surface area contributed by atoms with Crippen molar-refractivity contribution in [2.75, 3.05) is 6.61 Å². The van der Waals surface area contributed by atoms with Gasteiger partial charge in [0.05, 0.1) is 13.2 Å². The molecule has 0 spiro atoms. The minimum atomic E-state index is -0.704. The van der Waals surface area contributed by atoms with E-state index >= 15 is 0 Å². The molecule has 0 saturated heterocycles. The van der Waals surface area contributed by atoms with Gasteiger partial charge in [0.2, 0.25) is 11.7 Å². The molecular weight excluding hydrogens is 378 g/mol. The van der Waals surface area contributed by atoms with Gasteiger partial charge >= 0.3 is 5.97 Å². The molecule has 0 radical (unpaired) electrons. The van der Waals surface area contributed by atoms with Crippen molar-refractivity contribution >= 4 is 40.2 Å². The van der Waals surface area contributed by atoms with Crippen LogP contribution in [-0.4, -0.2) is 28.3 Å². The lowest BCUT2D eigenvalue weighted by Gasteiger charge is -2.07. The standard InChI is InChI=1S/C20H17N3O4S/c1-2-26-20(25)16-17(24)15(27-19(16)23-11-13-5-4-8-28-13)9-12-10-22-18-14(12)6-3-7-21-18/h3-10,23H,2,11H2,1H3,(H,21,22)/b15-9-. The first-order valence-electron chi connectivity index (χ1n) is 8.71. The van der Waals surface area contributed by atoms with Crippen LogP contribution in [0.5, 0.6) is 0 Å². The lowest BCUT2D eigenvalue weighted by molar-refractivity contribution is -0.139. The van der Waals surface area contributed by atoms with Crippen LogP contribution in [0.4, 0.5) is 0 Å². The number of carbonyl (C=O) groups is 2. The molecular formula is C20H17N3O4S. The quantitative estimate of drug-likeness (QED) is 0.378. The van der Waals surface area contributed by atoms with Crippen molar-refractivity contribution in [2.45, 2.75) is 13.5 Å². The predicted molar refractivity (Wildman–Crippen MR) is 105 cm³/mol. The number of rotatable bonds is 6. The molecule has 8 heteroatoms. The third-order valence-corrected chi connectivity index (χ3v) is 5.02. The van der Waals surface area contributed by atoms with Crippen molar-refractivity contribution in [2.24, 2.45) is 0 Å². The number of hydrogen-bond donors (Lipinski definition) is 2. The second-order valence-corrected chi connectivity index (χ2v) is 6.97. The number of H-pyrrole nitrogens is 1. The van der Waals surface area contributed by atoms with E-state index in [1.165, 1.54) is 0 Å². The molecule has 28 heavy (non-hydrogen) atoms. The van der Waals surface area contributed by atoms with Crippen LogP contribution >= 0.6 is 11.3 Å². The number of ketones is 1. The maximum absolute atomic E-state index is 12.8. The third-order valence-electron chi connectivity index (χ3n) is 4.14. The lowest BCUT2D eigenvalue weighted by atomic mass is 10.1. The molecule has 2 N–H and O–H groups in total. The van der Waals surface area contributed by atoms with Gasteiger partial charge in [-0.25, -0.2) is 9.78 Å². The van der Waals surface area contributed by atoms with E-state index in [1.807, 2.05) is 29.6 Å². The Bertz CT molecular complexity index is 1100. The Balaban J connectivity index is 1.64. The molecule has 7 nitrogen and oxygen atoms in total. The summed E-state index contributed by atoms with van der Waals surface area (Å²) in [6.45, 7) is 2.29. The average Bonchev–Trinajstić information content (AvgIpc) is 3.41. The first-order chi connectivity index (χ1) is 13.7.